The minimum atomic E-state index is -0.848. The topological polar surface area (TPSA) is 75.4 Å². The maximum atomic E-state index is 12.7. The van der Waals surface area contributed by atoms with Crippen molar-refractivity contribution in [1.29, 1.82) is 0 Å². The molecule has 1 aromatic rings. The van der Waals surface area contributed by atoms with E-state index in [0.29, 0.717) is 30.8 Å². The Kier molecular flexibility index (Phi) is 4.80. The lowest BCUT2D eigenvalue weighted by molar-refractivity contribution is -0.152. The van der Waals surface area contributed by atoms with Gasteiger partial charge in [0.15, 0.2) is 5.69 Å². The van der Waals surface area contributed by atoms with Crippen LogP contribution in [0.2, 0.25) is 5.02 Å². The van der Waals surface area contributed by atoms with Crippen LogP contribution in [0.3, 0.4) is 0 Å². The highest BCUT2D eigenvalue weighted by Crippen LogP contribution is 2.36. The number of carboxylic acid groups (broad SMARTS) is 1. The minimum absolute atomic E-state index is 0.208. The number of likely N-dealkylation sites (tertiary alicyclic amines) is 1. The number of aromatic nitrogens is 2. The number of rotatable bonds is 4. The van der Waals surface area contributed by atoms with Gasteiger partial charge in [-0.15, -0.1) is 0 Å². The highest BCUT2D eigenvalue weighted by atomic mass is 35.5. The zero-order chi connectivity index (χ0) is 16.5. The molecule has 0 aliphatic carbocycles. The Hall–Kier alpha value is -1.56. The van der Waals surface area contributed by atoms with E-state index in [9.17, 15) is 14.7 Å². The molecule has 1 saturated heterocycles. The average molecular weight is 328 g/mol. The molecule has 1 atom stereocenters. The van der Waals surface area contributed by atoms with Crippen molar-refractivity contribution in [3.8, 4) is 0 Å². The van der Waals surface area contributed by atoms with Crippen molar-refractivity contribution in [1.82, 2.24) is 14.7 Å². The van der Waals surface area contributed by atoms with Crippen LogP contribution in [0.5, 0.6) is 0 Å². The summed E-state index contributed by atoms with van der Waals surface area (Å²) in [6.45, 7) is 4.52. The van der Waals surface area contributed by atoms with Crippen molar-refractivity contribution in [2.24, 2.45) is 12.5 Å². The summed E-state index contributed by atoms with van der Waals surface area (Å²) in [4.78, 5) is 26.0. The van der Waals surface area contributed by atoms with E-state index in [4.69, 9.17) is 11.6 Å². The maximum Gasteiger partial charge on any atom is 0.311 e. The van der Waals surface area contributed by atoms with Crippen molar-refractivity contribution >= 4 is 23.5 Å². The van der Waals surface area contributed by atoms with Crippen LogP contribution in [0.25, 0.3) is 0 Å². The fraction of sp³-hybridized carbons (Fsp3) is 0.667. The molecule has 0 saturated carbocycles. The summed E-state index contributed by atoms with van der Waals surface area (Å²) in [7, 11) is 1.73. The number of piperidine rings is 1. The van der Waals surface area contributed by atoms with Gasteiger partial charge in [0.2, 0.25) is 0 Å². The summed E-state index contributed by atoms with van der Waals surface area (Å²) in [6.07, 6.45) is 2.63. The lowest BCUT2D eigenvalue weighted by atomic mass is 9.76. The summed E-state index contributed by atoms with van der Waals surface area (Å²) < 4.78 is 1.57. The number of nitrogens with zero attached hydrogens (tertiary/aromatic N) is 3. The van der Waals surface area contributed by atoms with Crippen LogP contribution >= 0.6 is 11.6 Å². The van der Waals surface area contributed by atoms with Crippen molar-refractivity contribution in [2.75, 3.05) is 13.1 Å². The molecule has 1 amide bonds. The van der Waals surface area contributed by atoms with Gasteiger partial charge in [-0.2, -0.15) is 5.10 Å². The Morgan fingerprint density at radius 3 is 2.64 bits per heavy atom. The smallest absolute Gasteiger partial charge is 0.311 e. The van der Waals surface area contributed by atoms with Gasteiger partial charge in [0.1, 0.15) is 0 Å². The Morgan fingerprint density at radius 1 is 1.45 bits per heavy atom. The number of hydrogen-bond acceptors (Lipinski definition) is 3. The Morgan fingerprint density at radius 2 is 2.14 bits per heavy atom. The number of hydrogen-bond donors (Lipinski definition) is 1. The number of amides is 1. The van der Waals surface area contributed by atoms with Crippen LogP contribution < -0.4 is 0 Å². The van der Waals surface area contributed by atoms with Crippen LogP contribution in [0.15, 0.2) is 0 Å². The third-order valence-corrected chi connectivity index (χ3v) is 4.96. The highest BCUT2D eigenvalue weighted by molar-refractivity contribution is 6.34. The number of aryl methyl sites for hydroxylation is 1. The molecule has 1 fully saturated rings. The van der Waals surface area contributed by atoms with Gasteiger partial charge in [-0.3, -0.25) is 14.3 Å². The standard InChI is InChI=1S/C15H22ClN3O3/c1-4-6-15(14(21)22)7-5-8-19(9-15)13(20)12-11(16)10(2)18(3)17-12/h4-9H2,1-3H3,(H,21,22). The second-order valence-electron chi connectivity index (χ2n) is 6.04. The summed E-state index contributed by atoms with van der Waals surface area (Å²) in [5.74, 6) is -1.11. The first-order chi connectivity index (χ1) is 10.3. The predicted molar refractivity (Wildman–Crippen MR) is 83.1 cm³/mol. The van der Waals surface area contributed by atoms with Crippen LogP contribution in [0.4, 0.5) is 0 Å². The molecule has 7 heteroatoms. The monoisotopic (exact) mass is 327 g/mol. The van der Waals surface area contributed by atoms with Gasteiger partial charge in [-0.05, 0) is 26.2 Å². The van der Waals surface area contributed by atoms with E-state index in [-0.39, 0.29) is 18.1 Å². The Balaban J connectivity index is 2.26. The lowest BCUT2D eigenvalue weighted by Gasteiger charge is -2.39. The molecule has 122 valence electrons. The first-order valence-corrected chi connectivity index (χ1v) is 7.92. The van der Waals surface area contributed by atoms with E-state index in [1.54, 1.807) is 23.6 Å². The van der Waals surface area contributed by atoms with Gasteiger partial charge >= 0.3 is 5.97 Å². The molecule has 1 N–H and O–H groups in total. The zero-order valence-electron chi connectivity index (χ0n) is 13.2. The van der Waals surface area contributed by atoms with Gasteiger partial charge in [-0.1, -0.05) is 24.9 Å². The summed E-state index contributed by atoms with van der Waals surface area (Å²) in [5.41, 5.74) is 0.0818. The molecule has 0 aromatic carbocycles. The van der Waals surface area contributed by atoms with Crippen molar-refractivity contribution in [2.45, 2.75) is 39.5 Å². The molecule has 0 bridgehead atoms. The van der Waals surface area contributed by atoms with Gasteiger partial charge in [0.05, 0.1) is 16.1 Å². The predicted octanol–water partition coefficient (Wildman–Crippen LogP) is 2.49. The maximum absolute atomic E-state index is 12.7. The molecule has 1 aromatic heterocycles. The molecular weight excluding hydrogens is 306 g/mol. The second kappa shape index (κ2) is 6.28. The fourth-order valence-electron chi connectivity index (χ4n) is 3.14. The first kappa shape index (κ1) is 16.8. The van der Waals surface area contributed by atoms with E-state index in [2.05, 4.69) is 5.10 Å². The quantitative estimate of drug-likeness (QED) is 0.921. The third-order valence-electron chi connectivity index (χ3n) is 4.51. The van der Waals surface area contributed by atoms with E-state index >= 15 is 0 Å². The molecule has 1 unspecified atom stereocenters. The van der Waals surface area contributed by atoms with Crippen molar-refractivity contribution in [3.05, 3.63) is 16.4 Å². The highest BCUT2D eigenvalue weighted by Gasteiger charge is 2.43. The van der Waals surface area contributed by atoms with Crippen LogP contribution in [-0.2, 0) is 11.8 Å². The number of halogens is 1. The fourth-order valence-corrected chi connectivity index (χ4v) is 3.38. The molecule has 22 heavy (non-hydrogen) atoms. The van der Waals surface area contributed by atoms with Gasteiger partial charge in [0, 0.05) is 20.1 Å². The molecular formula is C15H22ClN3O3. The van der Waals surface area contributed by atoms with E-state index in [1.807, 2.05) is 6.92 Å². The number of carboxylic acids is 1. The van der Waals surface area contributed by atoms with Crippen molar-refractivity contribution in [3.63, 3.8) is 0 Å². The van der Waals surface area contributed by atoms with Crippen LogP contribution in [-0.4, -0.2) is 44.8 Å². The molecule has 6 nitrogen and oxygen atoms in total. The van der Waals surface area contributed by atoms with Gasteiger partial charge in [0.25, 0.3) is 5.91 Å². The molecule has 1 aliphatic rings. The first-order valence-electron chi connectivity index (χ1n) is 7.54. The van der Waals surface area contributed by atoms with Gasteiger partial charge in [-0.25, -0.2) is 0 Å². The Bertz CT molecular complexity index is 595. The SMILES string of the molecule is CCCC1(C(=O)O)CCCN(C(=O)c2nn(C)c(C)c2Cl)C1. The average Bonchev–Trinajstić information content (AvgIpc) is 2.74. The van der Waals surface area contributed by atoms with Crippen LogP contribution in [0.1, 0.15) is 48.8 Å². The van der Waals surface area contributed by atoms with Crippen LogP contribution in [0, 0.1) is 12.3 Å². The third kappa shape index (κ3) is 2.84. The largest absolute Gasteiger partial charge is 0.481 e. The second-order valence-corrected chi connectivity index (χ2v) is 6.42. The minimum Gasteiger partial charge on any atom is -0.481 e. The molecule has 2 heterocycles. The Labute approximate surface area is 135 Å². The molecule has 0 spiro atoms. The summed E-state index contributed by atoms with van der Waals surface area (Å²) in [5, 5.41) is 14.1. The number of carbonyl (C=O) groups excluding carboxylic acids is 1. The van der Waals surface area contributed by atoms with Crippen molar-refractivity contribution < 1.29 is 14.7 Å². The molecule has 0 radical (unpaired) electrons. The number of carbonyl (C=O) groups is 2. The number of aliphatic carboxylic acids is 1. The van der Waals surface area contributed by atoms with E-state index in [1.165, 1.54) is 0 Å². The summed E-state index contributed by atoms with van der Waals surface area (Å²) >= 11 is 6.18. The van der Waals surface area contributed by atoms with Gasteiger partial charge < -0.3 is 10.0 Å². The lowest BCUT2D eigenvalue weighted by Crippen LogP contribution is -2.50. The normalized spacial score (nSPS) is 21.9. The molecule has 2 rings (SSSR count). The van der Waals surface area contributed by atoms with E-state index < -0.39 is 11.4 Å². The molecule has 1 aliphatic heterocycles. The zero-order valence-corrected chi connectivity index (χ0v) is 14.0. The summed E-state index contributed by atoms with van der Waals surface area (Å²) in [6, 6.07) is 0. The van der Waals surface area contributed by atoms with E-state index in [0.717, 1.165) is 12.1 Å².